The Hall–Kier alpha value is -2.96. The third kappa shape index (κ3) is 4.27. The van der Waals surface area contributed by atoms with Crippen LogP contribution in [-0.4, -0.2) is 29.1 Å². The molecule has 0 bridgehead atoms. The lowest BCUT2D eigenvalue weighted by atomic mass is 9.96. The first kappa shape index (κ1) is 21.3. The van der Waals surface area contributed by atoms with Crippen molar-refractivity contribution in [1.82, 2.24) is 9.88 Å². The Morgan fingerprint density at radius 2 is 1.71 bits per heavy atom. The molecule has 1 aliphatic rings. The maximum absolute atomic E-state index is 13.1. The normalized spacial score (nSPS) is 15.3. The van der Waals surface area contributed by atoms with Crippen molar-refractivity contribution in [2.75, 3.05) is 18.0 Å². The summed E-state index contributed by atoms with van der Waals surface area (Å²) in [6.45, 7) is 9.00. The number of halogens is 3. The van der Waals surface area contributed by atoms with E-state index in [-0.39, 0.29) is 17.4 Å². The smallest absolute Gasteiger partial charge is 0.370 e. The number of nitrogens with one attached hydrogen (secondary N) is 1. The van der Waals surface area contributed by atoms with Crippen LogP contribution in [0.1, 0.15) is 31.9 Å². The van der Waals surface area contributed by atoms with Gasteiger partial charge in [0.05, 0.1) is 17.0 Å². The van der Waals surface area contributed by atoms with Crippen LogP contribution in [0.5, 0.6) is 0 Å². The Morgan fingerprint density at radius 3 is 2.35 bits per heavy atom. The van der Waals surface area contributed by atoms with Gasteiger partial charge in [0.25, 0.3) is 0 Å². The van der Waals surface area contributed by atoms with Crippen LogP contribution >= 0.6 is 0 Å². The summed E-state index contributed by atoms with van der Waals surface area (Å²) in [6.07, 6.45) is -2.50. The highest BCUT2D eigenvalue weighted by Crippen LogP contribution is 2.34. The largest absolute Gasteiger partial charge is 0.416 e. The minimum atomic E-state index is -4.37. The third-order valence-electron chi connectivity index (χ3n) is 5.55. The van der Waals surface area contributed by atoms with Gasteiger partial charge < -0.3 is 14.8 Å². The van der Waals surface area contributed by atoms with Gasteiger partial charge in [-0.05, 0) is 69.7 Å². The van der Waals surface area contributed by atoms with Crippen LogP contribution in [0.4, 0.5) is 18.9 Å². The molecule has 31 heavy (non-hydrogen) atoms. The predicted octanol–water partition coefficient (Wildman–Crippen LogP) is 5.31. The summed E-state index contributed by atoms with van der Waals surface area (Å²) < 4.78 is 41.2. The molecule has 0 radical (unpaired) electrons. The summed E-state index contributed by atoms with van der Waals surface area (Å²) in [5.74, 6) is 0.0192. The first-order valence-electron chi connectivity index (χ1n) is 10.3. The van der Waals surface area contributed by atoms with E-state index in [0.717, 1.165) is 28.5 Å². The van der Waals surface area contributed by atoms with Crippen molar-refractivity contribution >= 4 is 22.5 Å². The fourth-order valence-electron chi connectivity index (χ4n) is 3.95. The van der Waals surface area contributed by atoms with Crippen LogP contribution in [0.2, 0.25) is 0 Å². The molecule has 1 aromatic heterocycles. The molecule has 1 fully saturated rings. The first-order valence-corrected chi connectivity index (χ1v) is 10.3. The molecule has 2 heterocycles. The lowest BCUT2D eigenvalue weighted by Gasteiger charge is -2.41. The summed E-state index contributed by atoms with van der Waals surface area (Å²) in [5.41, 5.74) is 2.48. The van der Waals surface area contributed by atoms with E-state index < -0.39 is 11.7 Å². The summed E-state index contributed by atoms with van der Waals surface area (Å²) in [4.78, 5) is 14.5. The quantitative estimate of drug-likeness (QED) is 0.613. The number of rotatable bonds is 3. The number of fused-ring (bicyclic) bond motifs is 1. The van der Waals surface area contributed by atoms with E-state index in [1.165, 1.54) is 12.1 Å². The van der Waals surface area contributed by atoms with Crippen molar-refractivity contribution in [3.05, 3.63) is 59.8 Å². The number of hydrogen-bond acceptors (Lipinski definition) is 2. The summed E-state index contributed by atoms with van der Waals surface area (Å²) in [5, 5.41) is 3.60. The molecule has 0 atom stereocenters. The Morgan fingerprint density at radius 1 is 1.03 bits per heavy atom. The molecule has 4 nitrogen and oxygen atoms in total. The molecule has 4 rings (SSSR count). The lowest BCUT2D eigenvalue weighted by molar-refractivity contribution is -0.137. The molecule has 0 saturated carbocycles. The van der Waals surface area contributed by atoms with Gasteiger partial charge in [-0.1, -0.05) is 6.07 Å². The van der Waals surface area contributed by atoms with Crippen LogP contribution in [0.25, 0.3) is 16.6 Å². The fourth-order valence-corrected chi connectivity index (χ4v) is 3.95. The molecule has 3 aromatic rings. The number of aryl methyl sites for hydroxylation is 1. The van der Waals surface area contributed by atoms with Gasteiger partial charge in [0.2, 0.25) is 5.91 Å². The average molecular weight is 429 g/mol. The van der Waals surface area contributed by atoms with Gasteiger partial charge in [0.15, 0.2) is 0 Å². The van der Waals surface area contributed by atoms with Crippen molar-refractivity contribution in [3.63, 3.8) is 0 Å². The van der Waals surface area contributed by atoms with Gasteiger partial charge in [-0.3, -0.25) is 4.79 Å². The molecule has 7 heteroatoms. The number of carbonyl (C=O) groups is 1. The predicted molar refractivity (Wildman–Crippen MR) is 117 cm³/mol. The zero-order valence-electron chi connectivity index (χ0n) is 18.0. The molecule has 2 aromatic carbocycles. The number of hydrogen-bond donors (Lipinski definition) is 1. The highest BCUT2D eigenvalue weighted by Gasteiger charge is 2.34. The van der Waals surface area contributed by atoms with Crippen LogP contribution in [0, 0.1) is 12.8 Å². The van der Waals surface area contributed by atoms with Crippen molar-refractivity contribution in [3.8, 4) is 5.69 Å². The number of anilines is 1. The molecule has 0 aliphatic carbocycles. The zero-order chi connectivity index (χ0) is 22.6. The summed E-state index contributed by atoms with van der Waals surface area (Å²) in [6, 6.07) is 11.7. The number of alkyl halides is 3. The van der Waals surface area contributed by atoms with Crippen LogP contribution in [0.3, 0.4) is 0 Å². The van der Waals surface area contributed by atoms with E-state index in [1.807, 2.05) is 62.7 Å². The molecule has 0 unspecified atom stereocenters. The minimum absolute atomic E-state index is 0.0432. The second-order valence-corrected chi connectivity index (χ2v) is 9.27. The Balaban J connectivity index is 1.57. The summed E-state index contributed by atoms with van der Waals surface area (Å²) in [7, 11) is 0. The molecule has 1 N–H and O–H groups in total. The van der Waals surface area contributed by atoms with Crippen molar-refractivity contribution in [2.24, 2.45) is 5.92 Å². The topological polar surface area (TPSA) is 37.3 Å². The van der Waals surface area contributed by atoms with Crippen LogP contribution in [-0.2, 0) is 11.0 Å². The molecule has 1 saturated heterocycles. The van der Waals surface area contributed by atoms with Crippen LogP contribution in [0.15, 0.2) is 48.7 Å². The average Bonchev–Trinajstić information content (AvgIpc) is 2.95. The second-order valence-electron chi connectivity index (χ2n) is 9.27. The van der Waals surface area contributed by atoms with Gasteiger partial charge in [-0.2, -0.15) is 13.2 Å². The maximum Gasteiger partial charge on any atom is 0.416 e. The number of carbonyl (C=O) groups excluding carboxylic acids is 1. The Kier molecular flexibility index (Phi) is 5.03. The van der Waals surface area contributed by atoms with E-state index in [0.29, 0.717) is 18.5 Å². The van der Waals surface area contributed by atoms with Crippen molar-refractivity contribution in [2.45, 2.75) is 39.4 Å². The molecular formula is C24H26F3N3O. The van der Waals surface area contributed by atoms with E-state index in [1.54, 1.807) is 0 Å². The molecule has 1 amide bonds. The van der Waals surface area contributed by atoms with Gasteiger partial charge >= 0.3 is 6.18 Å². The van der Waals surface area contributed by atoms with Gasteiger partial charge in [-0.15, -0.1) is 0 Å². The Bertz CT molecular complexity index is 1140. The third-order valence-corrected chi connectivity index (χ3v) is 5.55. The highest BCUT2D eigenvalue weighted by atomic mass is 19.4. The van der Waals surface area contributed by atoms with Crippen LogP contribution < -0.4 is 10.2 Å². The Labute approximate surface area is 179 Å². The number of amides is 1. The number of nitrogens with zero attached hydrogens (tertiary/aromatic N) is 2. The standard InChI is InChI=1S/C24H26F3N3O/c1-15-12-30(21-9-8-17(10-20(15)21)24(25,26)27)19-7-5-6-18(11-19)29-13-16(14-29)22(31)28-23(2,3)4/h5-12,16H,13-14H2,1-4H3,(H,28,31). The first-order chi connectivity index (χ1) is 14.4. The SMILES string of the molecule is Cc1cn(-c2cccc(N3CC(C(=O)NC(C)(C)C)C3)c2)c2ccc(C(F)(F)F)cc12. The number of aromatic nitrogens is 1. The molecule has 1 aliphatic heterocycles. The second kappa shape index (κ2) is 7.32. The van der Waals surface area contributed by atoms with Gasteiger partial charge in [-0.25, -0.2) is 0 Å². The monoisotopic (exact) mass is 429 g/mol. The summed E-state index contributed by atoms with van der Waals surface area (Å²) >= 11 is 0. The molecule has 0 spiro atoms. The molecule has 164 valence electrons. The van der Waals surface area contributed by atoms with E-state index >= 15 is 0 Å². The van der Waals surface area contributed by atoms with Crippen molar-refractivity contribution in [1.29, 1.82) is 0 Å². The van der Waals surface area contributed by atoms with E-state index in [9.17, 15) is 18.0 Å². The fraction of sp³-hybridized carbons (Fsp3) is 0.375. The zero-order valence-corrected chi connectivity index (χ0v) is 18.0. The van der Waals surface area contributed by atoms with Gasteiger partial charge in [0, 0.05) is 41.6 Å². The van der Waals surface area contributed by atoms with Crippen molar-refractivity contribution < 1.29 is 18.0 Å². The number of benzene rings is 2. The van der Waals surface area contributed by atoms with E-state index in [4.69, 9.17) is 0 Å². The maximum atomic E-state index is 13.1. The lowest BCUT2D eigenvalue weighted by Crippen LogP contribution is -2.56. The highest BCUT2D eigenvalue weighted by molar-refractivity contribution is 5.86. The molecular weight excluding hydrogens is 403 g/mol. The minimum Gasteiger partial charge on any atom is -0.370 e. The van der Waals surface area contributed by atoms with E-state index in [2.05, 4.69) is 10.2 Å². The van der Waals surface area contributed by atoms with Gasteiger partial charge in [0.1, 0.15) is 0 Å².